The van der Waals surface area contributed by atoms with Crippen LogP contribution in [0.25, 0.3) is 0 Å². The van der Waals surface area contributed by atoms with Crippen LogP contribution in [0.2, 0.25) is 0 Å². The third-order valence-electron chi connectivity index (χ3n) is 5.11. The maximum atomic E-state index is 12.4. The summed E-state index contributed by atoms with van der Waals surface area (Å²) >= 11 is 0. The number of ketones is 2. The third kappa shape index (κ3) is 4.58. The lowest BCUT2D eigenvalue weighted by Crippen LogP contribution is -2.47. The first-order chi connectivity index (χ1) is 12.7. The number of hydrogen-bond acceptors (Lipinski definition) is 5. The van der Waals surface area contributed by atoms with Gasteiger partial charge in [0.1, 0.15) is 0 Å². The Kier molecular flexibility index (Phi) is 6.17. The first kappa shape index (κ1) is 18.3. The monoisotopic (exact) mass is 355 g/mol. The number of hydrogen-bond donors (Lipinski definition) is 1. The molecular weight excluding hydrogens is 330 g/mol. The number of carbonyl (C=O) groups is 3. The minimum Gasteiger partial charge on any atom is -0.389 e. The van der Waals surface area contributed by atoms with Gasteiger partial charge in [-0.15, -0.1) is 0 Å². The molecule has 1 saturated heterocycles. The van der Waals surface area contributed by atoms with Crippen LogP contribution in [0.5, 0.6) is 0 Å². The quantitative estimate of drug-likeness (QED) is 0.356. The van der Waals surface area contributed by atoms with Gasteiger partial charge >= 0.3 is 0 Å². The second-order valence-electron chi connectivity index (χ2n) is 6.86. The lowest BCUT2D eigenvalue weighted by Gasteiger charge is -2.32. The number of piperazine rings is 1. The van der Waals surface area contributed by atoms with E-state index in [0.29, 0.717) is 25.0 Å². The molecule has 0 atom stereocenters. The number of Topliss-reactive ketones (excluding diaryl/α,β-unsaturated/α-hetero) is 2. The van der Waals surface area contributed by atoms with Crippen molar-refractivity contribution in [2.45, 2.75) is 18.8 Å². The first-order valence-electron chi connectivity index (χ1n) is 9.14. The van der Waals surface area contributed by atoms with Crippen LogP contribution in [0.3, 0.4) is 0 Å². The number of allylic oxidation sites excluding steroid dienone is 1. The molecule has 0 bridgehead atoms. The van der Waals surface area contributed by atoms with Gasteiger partial charge in [-0.3, -0.25) is 19.3 Å². The van der Waals surface area contributed by atoms with Crippen LogP contribution < -0.4 is 5.32 Å². The van der Waals surface area contributed by atoms with Gasteiger partial charge in [0.2, 0.25) is 6.41 Å². The van der Waals surface area contributed by atoms with Gasteiger partial charge in [-0.2, -0.15) is 0 Å². The molecule has 2 aliphatic rings. The van der Waals surface area contributed by atoms with Gasteiger partial charge in [-0.25, -0.2) is 0 Å². The van der Waals surface area contributed by atoms with Crippen molar-refractivity contribution < 1.29 is 14.4 Å². The van der Waals surface area contributed by atoms with Crippen LogP contribution in [0.15, 0.2) is 42.1 Å². The Balaban J connectivity index is 1.47. The van der Waals surface area contributed by atoms with Crippen LogP contribution in [-0.2, 0) is 14.4 Å². The van der Waals surface area contributed by atoms with E-state index in [4.69, 9.17) is 0 Å². The van der Waals surface area contributed by atoms with Crippen molar-refractivity contribution in [2.75, 3.05) is 39.3 Å². The van der Waals surface area contributed by atoms with E-state index in [9.17, 15) is 14.4 Å². The number of rotatable bonds is 6. The molecule has 26 heavy (non-hydrogen) atoms. The minimum atomic E-state index is -0.0813. The van der Waals surface area contributed by atoms with Crippen molar-refractivity contribution in [1.82, 2.24) is 15.1 Å². The minimum absolute atomic E-state index is 0.0116. The SMILES string of the molecule is O=CN1CCN(CCNC=C2C(=O)CC(c3ccccc3)CC2=O)CC1. The maximum Gasteiger partial charge on any atom is 0.209 e. The number of benzene rings is 1. The molecule has 0 radical (unpaired) electrons. The fourth-order valence-corrected chi connectivity index (χ4v) is 3.51. The van der Waals surface area contributed by atoms with E-state index in [0.717, 1.165) is 44.7 Å². The molecule has 0 aromatic heterocycles. The molecule has 6 heteroatoms. The van der Waals surface area contributed by atoms with Gasteiger partial charge < -0.3 is 10.2 Å². The maximum absolute atomic E-state index is 12.4. The summed E-state index contributed by atoms with van der Waals surface area (Å²) in [5.41, 5.74) is 1.35. The predicted molar refractivity (Wildman–Crippen MR) is 98.6 cm³/mol. The highest BCUT2D eigenvalue weighted by molar-refractivity contribution is 6.22. The zero-order valence-electron chi connectivity index (χ0n) is 14.9. The van der Waals surface area contributed by atoms with Crippen molar-refractivity contribution in [3.8, 4) is 0 Å². The largest absolute Gasteiger partial charge is 0.389 e. The first-order valence-corrected chi connectivity index (χ1v) is 9.14. The summed E-state index contributed by atoms with van der Waals surface area (Å²) in [4.78, 5) is 39.5. The van der Waals surface area contributed by atoms with Crippen molar-refractivity contribution in [3.05, 3.63) is 47.7 Å². The molecule has 1 amide bonds. The Hall–Kier alpha value is -2.47. The zero-order valence-corrected chi connectivity index (χ0v) is 14.9. The van der Waals surface area contributed by atoms with Crippen molar-refractivity contribution >= 4 is 18.0 Å². The molecule has 1 N–H and O–H groups in total. The number of amides is 1. The normalized spacial score (nSPS) is 21.6. The summed E-state index contributed by atoms with van der Waals surface area (Å²) in [6, 6.07) is 9.76. The Labute approximate surface area is 153 Å². The average molecular weight is 355 g/mol. The second-order valence-corrected chi connectivity index (χ2v) is 6.86. The van der Waals surface area contributed by atoms with Crippen molar-refractivity contribution in [3.63, 3.8) is 0 Å². The lowest BCUT2D eigenvalue weighted by molar-refractivity contribution is -0.124. The van der Waals surface area contributed by atoms with Gasteiger partial charge in [-0.05, 0) is 11.5 Å². The van der Waals surface area contributed by atoms with Gasteiger partial charge in [0.15, 0.2) is 11.6 Å². The van der Waals surface area contributed by atoms with Crippen LogP contribution in [0.1, 0.15) is 24.3 Å². The van der Waals surface area contributed by atoms with Crippen LogP contribution in [-0.4, -0.2) is 67.0 Å². The van der Waals surface area contributed by atoms with Crippen LogP contribution in [0.4, 0.5) is 0 Å². The van der Waals surface area contributed by atoms with Gasteiger partial charge in [0.25, 0.3) is 0 Å². The second kappa shape index (κ2) is 8.76. The molecule has 138 valence electrons. The highest BCUT2D eigenvalue weighted by Gasteiger charge is 2.31. The van der Waals surface area contributed by atoms with E-state index in [1.54, 1.807) is 11.1 Å². The summed E-state index contributed by atoms with van der Waals surface area (Å²) in [6.07, 6.45) is 3.25. The van der Waals surface area contributed by atoms with Crippen molar-refractivity contribution in [2.24, 2.45) is 0 Å². The third-order valence-corrected chi connectivity index (χ3v) is 5.11. The molecular formula is C20H25N3O3. The molecule has 1 aromatic carbocycles. The summed E-state index contributed by atoms with van der Waals surface area (Å²) in [5, 5.41) is 3.11. The van der Waals surface area contributed by atoms with E-state index in [1.165, 1.54) is 0 Å². The zero-order chi connectivity index (χ0) is 18.4. The molecule has 1 aliphatic heterocycles. The molecule has 2 fully saturated rings. The van der Waals surface area contributed by atoms with Crippen molar-refractivity contribution in [1.29, 1.82) is 0 Å². The summed E-state index contributed by atoms with van der Waals surface area (Å²) in [7, 11) is 0. The number of nitrogens with one attached hydrogen (secondary N) is 1. The predicted octanol–water partition coefficient (Wildman–Crippen LogP) is 0.950. The summed E-state index contributed by atoms with van der Waals surface area (Å²) < 4.78 is 0. The summed E-state index contributed by atoms with van der Waals surface area (Å²) in [6.45, 7) is 4.71. The Morgan fingerprint density at radius 2 is 1.65 bits per heavy atom. The Bertz CT molecular complexity index is 659. The van der Waals surface area contributed by atoms with Crippen LogP contribution >= 0.6 is 0 Å². The lowest BCUT2D eigenvalue weighted by atomic mass is 9.80. The Morgan fingerprint density at radius 1 is 1.00 bits per heavy atom. The van der Waals surface area contributed by atoms with E-state index in [-0.39, 0.29) is 17.5 Å². The van der Waals surface area contributed by atoms with Crippen LogP contribution in [0, 0.1) is 0 Å². The van der Waals surface area contributed by atoms with E-state index in [1.807, 2.05) is 30.3 Å². The smallest absolute Gasteiger partial charge is 0.209 e. The number of nitrogens with zero attached hydrogens (tertiary/aromatic N) is 2. The highest BCUT2D eigenvalue weighted by atomic mass is 16.2. The molecule has 1 aromatic rings. The topological polar surface area (TPSA) is 69.7 Å². The van der Waals surface area contributed by atoms with Gasteiger partial charge in [0, 0.05) is 58.3 Å². The molecule has 1 saturated carbocycles. The molecule has 1 aliphatic carbocycles. The fourth-order valence-electron chi connectivity index (χ4n) is 3.51. The van der Waals surface area contributed by atoms with E-state index in [2.05, 4.69) is 10.2 Å². The average Bonchev–Trinajstić information content (AvgIpc) is 2.68. The van der Waals surface area contributed by atoms with Gasteiger partial charge in [0.05, 0.1) is 5.57 Å². The molecule has 3 rings (SSSR count). The highest BCUT2D eigenvalue weighted by Crippen LogP contribution is 2.31. The van der Waals surface area contributed by atoms with Gasteiger partial charge in [-0.1, -0.05) is 30.3 Å². The molecule has 0 unspecified atom stereocenters. The standard InChI is InChI=1S/C20H25N3O3/c24-15-23-10-8-22(9-11-23)7-6-21-14-18-19(25)12-17(13-20(18)26)16-4-2-1-3-5-16/h1-5,14-15,17,21H,6-13H2. The Morgan fingerprint density at radius 3 is 2.27 bits per heavy atom. The molecule has 1 heterocycles. The van der Waals surface area contributed by atoms with E-state index < -0.39 is 0 Å². The van der Waals surface area contributed by atoms with E-state index >= 15 is 0 Å². The molecule has 6 nitrogen and oxygen atoms in total. The molecule has 0 spiro atoms. The fraction of sp³-hybridized carbons (Fsp3) is 0.450. The number of carbonyl (C=O) groups excluding carboxylic acids is 3. The summed E-state index contributed by atoms with van der Waals surface area (Å²) in [5.74, 6) is -0.174.